The van der Waals surface area contributed by atoms with Gasteiger partial charge in [0, 0.05) is 12.8 Å². The lowest BCUT2D eigenvalue weighted by molar-refractivity contribution is -0.152. The molecule has 0 aliphatic heterocycles. The topological polar surface area (TPSA) is 125 Å². The highest BCUT2D eigenvalue weighted by Crippen LogP contribution is 2.29. The second-order valence-corrected chi connectivity index (χ2v) is 11.2. The molecule has 256 valence electrons. The number of benzene rings is 1. The number of hydrogen-bond donors (Lipinski definition) is 2. The Kier molecular flexibility index (Phi) is 30.8. The summed E-state index contributed by atoms with van der Waals surface area (Å²) in [6, 6.07) is 5.17. The maximum Gasteiger partial charge on any atom is 0.334 e. The number of hydrogen-bond acceptors (Lipinski definition) is 8. The van der Waals surface area contributed by atoms with Crippen molar-refractivity contribution in [3.63, 3.8) is 0 Å². The third-order valence-corrected chi connectivity index (χ3v) is 6.88. The normalized spacial score (nSPS) is 11.0. The van der Waals surface area contributed by atoms with E-state index >= 15 is 0 Å². The van der Waals surface area contributed by atoms with E-state index in [1.165, 1.54) is 84.0 Å². The summed E-state index contributed by atoms with van der Waals surface area (Å²) in [6.07, 6.45) is 20.2. The predicted octanol–water partition coefficient (Wildman–Crippen LogP) is 8.41. The molecule has 0 aliphatic rings. The van der Waals surface area contributed by atoms with Gasteiger partial charge in [-0.25, -0.2) is 4.79 Å². The Morgan fingerprint density at radius 3 is 1.59 bits per heavy atom. The van der Waals surface area contributed by atoms with Crippen LogP contribution in [0, 0.1) is 0 Å². The number of nitrogens with two attached hydrogens (primary N) is 1. The van der Waals surface area contributed by atoms with Crippen molar-refractivity contribution < 1.29 is 33.7 Å². The molecule has 0 saturated heterocycles. The number of carbonyl (C=O) groups is 3. The van der Waals surface area contributed by atoms with Crippen molar-refractivity contribution in [3.05, 3.63) is 23.8 Å². The smallest absolute Gasteiger partial charge is 0.334 e. The van der Waals surface area contributed by atoms with Crippen LogP contribution in [0.1, 0.15) is 149 Å². The van der Waals surface area contributed by atoms with Gasteiger partial charge in [-0.2, -0.15) is 0 Å². The number of halogens is 1. The molecule has 3 N–H and O–H groups in total. The summed E-state index contributed by atoms with van der Waals surface area (Å²) in [4.78, 5) is 34.3. The van der Waals surface area contributed by atoms with Gasteiger partial charge < -0.3 is 25.1 Å². The number of rotatable bonds is 24. The van der Waals surface area contributed by atoms with Crippen molar-refractivity contribution in [2.24, 2.45) is 5.73 Å². The molecular weight excluding hydrogens is 582 g/mol. The summed E-state index contributed by atoms with van der Waals surface area (Å²) in [6.45, 7) is 8.44. The van der Waals surface area contributed by atoms with Crippen molar-refractivity contribution in [1.29, 1.82) is 0 Å². The molecule has 0 bridgehead atoms. The lowest BCUT2D eigenvalue weighted by Crippen LogP contribution is -2.19. The summed E-state index contributed by atoms with van der Waals surface area (Å²) in [5.74, 6) is -0.621. The minimum atomic E-state index is -0.994. The fraction of sp³-hybridized carbons (Fsp3) is 0.743. The number of aliphatic hydroxyl groups is 1. The van der Waals surface area contributed by atoms with Crippen molar-refractivity contribution >= 4 is 30.3 Å². The monoisotopic (exact) mass is 643 g/mol. The van der Waals surface area contributed by atoms with Crippen LogP contribution in [0.5, 0.6) is 11.5 Å². The van der Waals surface area contributed by atoms with E-state index in [0.717, 1.165) is 18.4 Å². The molecule has 1 unspecified atom stereocenters. The standard InChI is InChI=1S/C19H38O3.C16H23NO4.ClH/c1-3-4-5-6-7-8-9-10-11-12-13-14-15-16-17-22-19(21)18(2)20;1-3-5-15(18)20-13-8-7-12(9-10-17)11-14(13)21-16(19)6-4-2;/h18,20H,3-17H2,1-2H3;7-8,11H,3-6,9-10,17H2,1-2H3;1H. The Labute approximate surface area is 273 Å². The van der Waals surface area contributed by atoms with Gasteiger partial charge in [0.1, 0.15) is 6.10 Å². The van der Waals surface area contributed by atoms with E-state index in [9.17, 15) is 14.4 Å². The van der Waals surface area contributed by atoms with Crippen LogP contribution < -0.4 is 15.2 Å². The highest BCUT2D eigenvalue weighted by molar-refractivity contribution is 5.85. The molecule has 0 aliphatic carbocycles. The Balaban J connectivity index is 0. The Hall–Kier alpha value is -2.16. The lowest BCUT2D eigenvalue weighted by atomic mass is 10.0. The Morgan fingerprint density at radius 2 is 1.16 bits per heavy atom. The maximum atomic E-state index is 11.7. The van der Waals surface area contributed by atoms with Gasteiger partial charge in [-0.05, 0) is 56.8 Å². The minimum absolute atomic E-state index is 0. The van der Waals surface area contributed by atoms with Crippen molar-refractivity contribution in [3.8, 4) is 11.5 Å². The van der Waals surface area contributed by atoms with E-state index < -0.39 is 12.1 Å². The largest absolute Gasteiger partial charge is 0.464 e. The fourth-order valence-electron chi connectivity index (χ4n) is 4.38. The molecule has 44 heavy (non-hydrogen) atoms. The van der Waals surface area contributed by atoms with Gasteiger partial charge in [0.05, 0.1) is 6.61 Å². The van der Waals surface area contributed by atoms with Crippen LogP contribution in [0.4, 0.5) is 0 Å². The highest BCUT2D eigenvalue weighted by atomic mass is 35.5. The summed E-state index contributed by atoms with van der Waals surface area (Å²) < 4.78 is 15.5. The first-order valence-electron chi connectivity index (χ1n) is 16.9. The number of carbonyl (C=O) groups excluding carboxylic acids is 3. The van der Waals surface area contributed by atoms with E-state index in [0.29, 0.717) is 45.3 Å². The van der Waals surface area contributed by atoms with Gasteiger partial charge in [-0.15, -0.1) is 12.4 Å². The van der Waals surface area contributed by atoms with Crippen molar-refractivity contribution in [2.45, 2.75) is 156 Å². The fourth-order valence-corrected chi connectivity index (χ4v) is 4.38. The van der Waals surface area contributed by atoms with E-state index in [2.05, 4.69) is 6.92 Å². The van der Waals surface area contributed by atoms with Gasteiger partial charge in [-0.3, -0.25) is 9.59 Å². The van der Waals surface area contributed by atoms with Crippen LogP contribution in [0.25, 0.3) is 0 Å². The molecule has 1 rings (SSSR count). The van der Waals surface area contributed by atoms with Gasteiger partial charge in [0.15, 0.2) is 11.5 Å². The molecule has 1 aromatic rings. The zero-order valence-electron chi connectivity index (χ0n) is 28.0. The zero-order chi connectivity index (χ0) is 32.1. The zero-order valence-corrected chi connectivity index (χ0v) is 28.9. The molecular formula is C35H62ClNO7. The second kappa shape index (κ2) is 30.8. The number of aliphatic hydroxyl groups excluding tert-OH is 1. The Bertz CT molecular complexity index is 863. The molecule has 0 amide bonds. The van der Waals surface area contributed by atoms with Gasteiger partial charge in [0.2, 0.25) is 0 Å². The average Bonchev–Trinajstić information content (AvgIpc) is 2.97. The number of esters is 3. The molecule has 9 heteroatoms. The summed E-state index contributed by atoms with van der Waals surface area (Å²) in [5.41, 5.74) is 6.46. The highest BCUT2D eigenvalue weighted by Gasteiger charge is 2.14. The van der Waals surface area contributed by atoms with Gasteiger partial charge in [-0.1, -0.05) is 110 Å². The molecule has 1 atom stereocenters. The van der Waals surface area contributed by atoms with Crippen LogP contribution in [0.2, 0.25) is 0 Å². The summed E-state index contributed by atoms with van der Waals surface area (Å²) >= 11 is 0. The summed E-state index contributed by atoms with van der Waals surface area (Å²) in [5, 5.41) is 8.96. The molecule has 1 aromatic carbocycles. The molecule has 0 fully saturated rings. The molecule has 0 spiro atoms. The molecule has 0 saturated carbocycles. The number of ether oxygens (including phenoxy) is 3. The SMILES string of the molecule is CCCC(=O)Oc1ccc(CCN)cc1OC(=O)CCC.CCCCCCCCCCCCCCCCOC(=O)C(C)O.Cl. The quantitative estimate of drug-likeness (QED) is 0.0653. The maximum absolute atomic E-state index is 11.7. The van der Waals surface area contributed by atoms with Crippen molar-refractivity contribution in [1.82, 2.24) is 0 Å². The van der Waals surface area contributed by atoms with Gasteiger partial charge >= 0.3 is 17.9 Å². The summed E-state index contributed by atoms with van der Waals surface area (Å²) in [7, 11) is 0. The van der Waals surface area contributed by atoms with Gasteiger partial charge in [0.25, 0.3) is 0 Å². The van der Waals surface area contributed by atoms with Crippen LogP contribution in [-0.4, -0.2) is 42.3 Å². The molecule has 8 nitrogen and oxygen atoms in total. The first kappa shape index (κ1) is 44.0. The molecule has 0 heterocycles. The van der Waals surface area contributed by atoms with Crippen LogP contribution >= 0.6 is 12.4 Å². The number of unbranched alkanes of at least 4 members (excludes halogenated alkanes) is 13. The second-order valence-electron chi connectivity index (χ2n) is 11.2. The predicted molar refractivity (Wildman–Crippen MR) is 180 cm³/mol. The van der Waals surface area contributed by atoms with E-state index in [4.69, 9.17) is 25.1 Å². The molecule has 0 aromatic heterocycles. The first-order valence-corrected chi connectivity index (χ1v) is 16.9. The lowest BCUT2D eigenvalue weighted by Gasteiger charge is -2.12. The minimum Gasteiger partial charge on any atom is -0.464 e. The first-order chi connectivity index (χ1) is 20.8. The third kappa shape index (κ3) is 25.2. The van der Waals surface area contributed by atoms with E-state index in [-0.39, 0.29) is 35.8 Å². The van der Waals surface area contributed by atoms with Crippen LogP contribution in [0.3, 0.4) is 0 Å². The van der Waals surface area contributed by atoms with E-state index in [1.54, 1.807) is 12.1 Å². The Morgan fingerprint density at radius 1 is 0.705 bits per heavy atom. The third-order valence-electron chi connectivity index (χ3n) is 6.88. The average molecular weight is 644 g/mol. The van der Waals surface area contributed by atoms with Crippen molar-refractivity contribution in [2.75, 3.05) is 13.2 Å². The van der Waals surface area contributed by atoms with Crippen LogP contribution in [-0.2, 0) is 25.5 Å². The van der Waals surface area contributed by atoms with E-state index in [1.807, 2.05) is 19.9 Å². The van der Waals surface area contributed by atoms with Crippen LogP contribution in [0.15, 0.2) is 18.2 Å². The molecule has 0 radical (unpaired) electrons.